The highest BCUT2D eigenvalue weighted by Crippen LogP contribution is 2.26. The van der Waals surface area contributed by atoms with Crippen molar-refractivity contribution in [1.29, 1.82) is 5.26 Å². The van der Waals surface area contributed by atoms with Crippen molar-refractivity contribution in [2.45, 2.75) is 25.8 Å². The predicted octanol–water partition coefficient (Wildman–Crippen LogP) is 3.46. The maximum absolute atomic E-state index is 13.4. The van der Waals surface area contributed by atoms with Crippen molar-refractivity contribution in [2.24, 2.45) is 0 Å². The van der Waals surface area contributed by atoms with Crippen LogP contribution in [0.25, 0.3) is 11.0 Å². The number of rotatable bonds is 11. The molecule has 1 aliphatic heterocycles. The number of morpholine rings is 1. The molecule has 35 heavy (non-hydrogen) atoms. The van der Waals surface area contributed by atoms with Gasteiger partial charge in [0.2, 0.25) is 5.95 Å². The summed E-state index contributed by atoms with van der Waals surface area (Å²) in [5, 5.41) is 11.9. The number of carbonyl (C=O) groups excluding carboxylic acids is 2. The number of amides is 2. The lowest BCUT2D eigenvalue weighted by atomic mass is 10.1. The normalized spacial score (nSPS) is 14.3. The van der Waals surface area contributed by atoms with Gasteiger partial charge in [0.15, 0.2) is 0 Å². The van der Waals surface area contributed by atoms with Crippen molar-refractivity contribution in [3.8, 4) is 6.07 Å². The zero-order valence-corrected chi connectivity index (χ0v) is 20.0. The third kappa shape index (κ3) is 6.66. The Bertz CT molecular complexity index is 1150. The first-order chi connectivity index (χ1) is 17.1. The van der Waals surface area contributed by atoms with Gasteiger partial charge in [-0.15, -0.1) is 6.58 Å². The molecule has 2 aromatic rings. The summed E-state index contributed by atoms with van der Waals surface area (Å²) >= 11 is 0. The number of nitrogens with zero attached hydrogens (tertiary/aromatic N) is 4. The molecule has 0 bridgehead atoms. The molecule has 1 aliphatic rings. The molecule has 1 aromatic heterocycles. The molecule has 1 fully saturated rings. The number of carbonyl (C=O) groups is 2. The van der Waals surface area contributed by atoms with E-state index < -0.39 is 0 Å². The molecule has 1 N–H and O–H groups in total. The summed E-state index contributed by atoms with van der Waals surface area (Å²) in [5.41, 5.74) is 2.16. The van der Waals surface area contributed by atoms with E-state index in [1.807, 2.05) is 16.7 Å². The number of para-hydroxylation sites is 1. The molecule has 2 heterocycles. The minimum atomic E-state index is -0.384. The lowest BCUT2D eigenvalue weighted by Crippen LogP contribution is -2.40. The number of hydrogen-bond acceptors (Lipinski definition) is 6. The molecular weight excluding hydrogens is 446 g/mol. The molecule has 0 radical (unpaired) electrons. The number of aryl methyl sites for hydroxylation is 1. The van der Waals surface area contributed by atoms with E-state index >= 15 is 0 Å². The molecule has 3 rings (SSSR count). The Balaban J connectivity index is 2.00. The standard InChI is InChI=1S/C26H31N5O4/c1-3-4-5-9-20(10-7-13-27)24(32)29-26-28-22-12-6-11-21(23(22)31(26)14-8-17-34-2)25(33)30-15-18-35-19-16-30/h3,5-6,9-12H,1,4,7-8,14-19H2,2H3,(H,28,29,32)/b9-5-,20-10+. The fourth-order valence-electron chi connectivity index (χ4n) is 3.83. The van der Waals surface area contributed by atoms with Crippen molar-refractivity contribution in [1.82, 2.24) is 14.5 Å². The minimum Gasteiger partial charge on any atom is -0.385 e. The molecule has 9 nitrogen and oxygen atoms in total. The number of allylic oxidation sites excluding steroid dienone is 3. The zero-order valence-electron chi connectivity index (χ0n) is 20.0. The maximum Gasteiger partial charge on any atom is 0.257 e. The van der Waals surface area contributed by atoms with Gasteiger partial charge in [0.05, 0.1) is 42.3 Å². The Kier molecular flexibility index (Phi) is 9.78. The van der Waals surface area contributed by atoms with E-state index in [0.717, 1.165) is 0 Å². The van der Waals surface area contributed by atoms with E-state index in [1.165, 1.54) is 0 Å². The third-order valence-electron chi connectivity index (χ3n) is 5.53. The van der Waals surface area contributed by atoms with Crippen LogP contribution >= 0.6 is 0 Å². The number of imidazole rings is 1. The topological polar surface area (TPSA) is 109 Å². The van der Waals surface area contributed by atoms with Crippen molar-refractivity contribution < 1.29 is 19.1 Å². The van der Waals surface area contributed by atoms with Crippen LogP contribution in [0.2, 0.25) is 0 Å². The van der Waals surface area contributed by atoms with Crippen LogP contribution in [0.5, 0.6) is 0 Å². The van der Waals surface area contributed by atoms with Crippen LogP contribution in [0.1, 0.15) is 29.6 Å². The number of methoxy groups -OCH3 is 1. The van der Waals surface area contributed by atoms with Gasteiger partial charge in [-0.25, -0.2) is 4.98 Å². The number of aromatic nitrogens is 2. The van der Waals surface area contributed by atoms with Gasteiger partial charge in [0.1, 0.15) is 0 Å². The lowest BCUT2D eigenvalue weighted by molar-refractivity contribution is -0.112. The van der Waals surface area contributed by atoms with E-state index in [-0.39, 0.29) is 18.2 Å². The second-order valence-corrected chi connectivity index (χ2v) is 7.91. The summed E-state index contributed by atoms with van der Waals surface area (Å²) < 4.78 is 12.5. The van der Waals surface area contributed by atoms with Crippen LogP contribution in [0.15, 0.2) is 54.7 Å². The van der Waals surface area contributed by atoms with Gasteiger partial charge in [-0.1, -0.05) is 30.4 Å². The molecule has 0 atom stereocenters. The Morgan fingerprint density at radius 2 is 2.14 bits per heavy atom. The Labute approximate surface area is 205 Å². The van der Waals surface area contributed by atoms with E-state index in [2.05, 4.69) is 16.9 Å². The molecule has 2 amide bonds. The number of anilines is 1. The van der Waals surface area contributed by atoms with Crippen LogP contribution in [-0.4, -0.2) is 66.3 Å². The number of hydrogen-bond donors (Lipinski definition) is 1. The first kappa shape index (κ1) is 25.9. The van der Waals surface area contributed by atoms with Gasteiger partial charge in [0.25, 0.3) is 11.8 Å². The average Bonchev–Trinajstić information content (AvgIpc) is 3.23. The number of nitrogens with one attached hydrogen (secondary N) is 1. The highest BCUT2D eigenvalue weighted by molar-refractivity contribution is 6.08. The van der Waals surface area contributed by atoms with Crippen LogP contribution in [-0.2, 0) is 20.8 Å². The fourth-order valence-corrected chi connectivity index (χ4v) is 3.83. The quantitative estimate of drug-likeness (QED) is 0.230. The van der Waals surface area contributed by atoms with Crippen molar-refractivity contribution in [2.75, 3.05) is 45.3 Å². The van der Waals surface area contributed by atoms with Gasteiger partial charge >= 0.3 is 0 Å². The number of nitriles is 1. The summed E-state index contributed by atoms with van der Waals surface area (Å²) in [6.45, 7) is 6.76. The van der Waals surface area contributed by atoms with Gasteiger partial charge in [0, 0.05) is 38.9 Å². The summed E-state index contributed by atoms with van der Waals surface area (Å²) in [5.74, 6) is -0.139. The number of fused-ring (bicyclic) bond motifs is 1. The largest absolute Gasteiger partial charge is 0.385 e. The molecule has 0 saturated carbocycles. The highest BCUT2D eigenvalue weighted by atomic mass is 16.5. The molecule has 1 aromatic carbocycles. The van der Waals surface area contributed by atoms with E-state index in [0.29, 0.717) is 80.4 Å². The second-order valence-electron chi connectivity index (χ2n) is 7.91. The van der Waals surface area contributed by atoms with E-state index in [1.54, 1.807) is 48.4 Å². The summed E-state index contributed by atoms with van der Waals surface area (Å²) in [6.07, 6.45) is 8.12. The van der Waals surface area contributed by atoms with Crippen LogP contribution < -0.4 is 5.32 Å². The molecule has 184 valence electrons. The first-order valence-electron chi connectivity index (χ1n) is 11.6. The Morgan fingerprint density at radius 3 is 2.86 bits per heavy atom. The van der Waals surface area contributed by atoms with E-state index in [9.17, 15) is 9.59 Å². The summed E-state index contributed by atoms with van der Waals surface area (Å²) in [6, 6.07) is 7.44. The average molecular weight is 478 g/mol. The van der Waals surface area contributed by atoms with Crippen LogP contribution in [0, 0.1) is 11.3 Å². The van der Waals surface area contributed by atoms with E-state index in [4.69, 9.17) is 14.7 Å². The monoisotopic (exact) mass is 477 g/mol. The number of benzene rings is 1. The number of ether oxygens (including phenoxy) is 2. The Hall–Kier alpha value is -3.74. The Morgan fingerprint density at radius 1 is 1.34 bits per heavy atom. The molecular formula is C26H31N5O4. The predicted molar refractivity (Wildman–Crippen MR) is 134 cm³/mol. The molecule has 9 heteroatoms. The summed E-state index contributed by atoms with van der Waals surface area (Å²) in [7, 11) is 1.63. The fraction of sp³-hybridized carbons (Fsp3) is 0.385. The SMILES string of the molecule is C=CC/C=C\C(=C/CC#N)C(=O)Nc1nc2cccc(C(=O)N3CCOCC3)c2n1CCCOC. The smallest absolute Gasteiger partial charge is 0.257 e. The lowest BCUT2D eigenvalue weighted by Gasteiger charge is -2.27. The molecule has 0 unspecified atom stereocenters. The van der Waals surface area contributed by atoms with Crippen LogP contribution in [0.4, 0.5) is 5.95 Å². The first-order valence-corrected chi connectivity index (χ1v) is 11.6. The van der Waals surface area contributed by atoms with Crippen molar-refractivity contribution in [3.63, 3.8) is 0 Å². The maximum atomic E-state index is 13.4. The van der Waals surface area contributed by atoms with Gasteiger partial charge < -0.3 is 18.9 Å². The molecule has 0 aliphatic carbocycles. The van der Waals surface area contributed by atoms with Gasteiger partial charge in [-0.05, 0) is 25.0 Å². The molecule has 1 saturated heterocycles. The van der Waals surface area contributed by atoms with Crippen molar-refractivity contribution >= 4 is 28.8 Å². The molecule has 0 spiro atoms. The highest BCUT2D eigenvalue weighted by Gasteiger charge is 2.24. The summed E-state index contributed by atoms with van der Waals surface area (Å²) in [4.78, 5) is 32.9. The third-order valence-corrected chi connectivity index (χ3v) is 5.53. The van der Waals surface area contributed by atoms with Crippen molar-refractivity contribution in [3.05, 3.63) is 60.2 Å². The zero-order chi connectivity index (χ0) is 25.0. The van der Waals surface area contributed by atoms with Gasteiger partial charge in [-0.3, -0.25) is 14.9 Å². The van der Waals surface area contributed by atoms with Gasteiger partial charge in [-0.2, -0.15) is 5.26 Å². The second kappa shape index (κ2) is 13.2. The minimum absolute atomic E-state index is 0.0911. The van der Waals surface area contributed by atoms with Crippen LogP contribution in [0.3, 0.4) is 0 Å².